The van der Waals surface area contributed by atoms with Gasteiger partial charge in [0.05, 0.1) is 18.7 Å². The number of hydrogen-bond donors (Lipinski definition) is 0. The monoisotopic (exact) mass is 349 g/mol. The molecule has 120 valence electrons. The molecule has 23 heavy (non-hydrogen) atoms. The summed E-state index contributed by atoms with van der Waals surface area (Å²) in [6, 6.07) is 7.80. The van der Waals surface area contributed by atoms with Gasteiger partial charge in [0.25, 0.3) is 0 Å². The van der Waals surface area contributed by atoms with Crippen molar-refractivity contribution >= 4 is 28.6 Å². The summed E-state index contributed by atoms with van der Waals surface area (Å²) in [5.74, 6) is 1.78. The van der Waals surface area contributed by atoms with Crippen LogP contribution in [0.1, 0.15) is 17.3 Å². The molecule has 0 spiro atoms. The highest BCUT2D eigenvalue weighted by molar-refractivity contribution is 7.07. The van der Waals surface area contributed by atoms with Gasteiger partial charge in [0.2, 0.25) is 11.8 Å². The van der Waals surface area contributed by atoms with E-state index in [0.29, 0.717) is 29.1 Å². The van der Waals surface area contributed by atoms with E-state index in [9.17, 15) is 0 Å². The van der Waals surface area contributed by atoms with Crippen molar-refractivity contribution in [2.24, 2.45) is 0 Å². The molecule has 0 aliphatic carbocycles. The zero-order valence-corrected chi connectivity index (χ0v) is 14.4. The maximum atomic E-state index is 6.12. The predicted molar refractivity (Wildman–Crippen MR) is 91.2 cm³/mol. The number of ether oxygens (including phenoxy) is 1. The molecule has 0 atom stereocenters. The first-order valence-electron chi connectivity index (χ1n) is 7.04. The van der Waals surface area contributed by atoms with E-state index in [2.05, 4.69) is 31.9 Å². The molecule has 0 saturated heterocycles. The molecule has 0 N–H and O–H groups in total. The van der Waals surface area contributed by atoms with Gasteiger partial charge >= 0.3 is 0 Å². The van der Waals surface area contributed by atoms with Gasteiger partial charge in [0, 0.05) is 25.2 Å². The Bertz CT molecular complexity index is 773. The van der Waals surface area contributed by atoms with Gasteiger partial charge in [-0.1, -0.05) is 11.6 Å². The molecule has 7 heteroatoms. The highest BCUT2D eigenvalue weighted by Gasteiger charge is 2.14. The summed E-state index contributed by atoms with van der Waals surface area (Å²) in [6.07, 6.45) is 0. The van der Waals surface area contributed by atoms with Crippen molar-refractivity contribution in [2.75, 3.05) is 12.0 Å². The minimum atomic E-state index is 0.515. The molecule has 0 aliphatic rings. The lowest BCUT2D eigenvalue weighted by molar-refractivity contribution is 0.414. The van der Waals surface area contributed by atoms with Crippen LogP contribution in [0.2, 0.25) is 5.02 Å². The Morgan fingerprint density at radius 2 is 2.13 bits per heavy atom. The molecular formula is C16H16ClN3O2S. The number of hydrogen-bond acceptors (Lipinski definition) is 6. The van der Waals surface area contributed by atoms with E-state index in [1.54, 1.807) is 25.4 Å². The Labute approximate surface area is 143 Å². The fourth-order valence-electron chi connectivity index (χ4n) is 2.25. The number of methoxy groups -OCH3 is 1. The van der Waals surface area contributed by atoms with Crippen LogP contribution in [0.5, 0.6) is 5.75 Å². The van der Waals surface area contributed by atoms with Crippen LogP contribution in [-0.4, -0.2) is 17.3 Å². The van der Waals surface area contributed by atoms with Crippen LogP contribution in [0.25, 0.3) is 0 Å². The van der Waals surface area contributed by atoms with Gasteiger partial charge in [-0.05, 0) is 34.5 Å². The average molecular weight is 350 g/mol. The van der Waals surface area contributed by atoms with E-state index in [4.69, 9.17) is 20.8 Å². The maximum absolute atomic E-state index is 6.12. The number of benzene rings is 1. The van der Waals surface area contributed by atoms with Crippen molar-refractivity contribution in [1.82, 2.24) is 10.2 Å². The molecular weight excluding hydrogens is 334 g/mol. The van der Waals surface area contributed by atoms with Crippen molar-refractivity contribution in [3.05, 3.63) is 57.4 Å². The molecule has 1 aromatic carbocycles. The zero-order chi connectivity index (χ0) is 16.2. The molecule has 0 amide bonds. The normalized spacial score (nSPS) is 10.7. The minimum absolute atomic E-state index is 0.515. The largest absolute Gasteiger partial charge is 0.495 e. The third kappa shape index (κ3) is 3.83. The summed E-state index contributed by atoms with van der Waals surface area (Å²) < 4.78 is 10.8. The third-order valence-electron chi connectivity index (χ3n) is 3.35. The van der Waals surface area contributed by atoms with Crippen LogP contribution in [0.15, 0.2) is 39.4 Å². The molecule has 3 rings (SSSR count). The number of thiophene rings is 1. The topological polar surface area (TPSA) is 51.4 Å². The highest BCUT2D eigenvalue weighted by atomic mass is 35.5. The second-order valence-electron chi connectivity index (χ2n) is 5.02. The fraction of sp³-hybridized carbons (Fsp3) is 0.250. The van der Waals surface area contributed by atoms with Crippen molar-refractivity contribution in [3.8, 4) is 5.75 Å². The molecule has 0 bridgehead atoms. The molecule has 0 radical (unpaired) electrons. The van der Waals surface area contributed by atoms with Crippen molar-refractivity contribution in [1.29, 1.82) is 0 Å². The van der Waals surface area contributed by atoms with Crippen LogP contribution in [0, 0.1) is 6.92 Å². The number of halogens is 1. The summed E-state index contributed by atoms with van der Waals surface area (Å²) in [7, 11) is 1.61. The second kappa shape index (κ2) is 7.02. The summed E-state index contributed by atoms with van der Waals surface area (Å²) >= 11 is 7.80. The molecule has 5 nitrogen and oxygen atoms in total. The van der Waals surface area contributed by atoms with Gasteiger partial charge in [-0.25, -0.2) is 0 Å². The first kappa shape index (κ1) is 15.8. The lowest BCUT2D eigenvalue weighted by atomic mass is 10.2. The molecule has 2 heterocycles. The van der Waals surface area contributed by atoms with Crippen molar-refractivity contribution < 1.29 is 9.15 Å². The highest BCUT2D eigenvalue weighted by Crippen LogP contribution is 2.31. The Hall–Kier alpha value is -2.05. The zero-order valence-electron chi connectivity index (χ0n) is 12.8. The summed E-state index contributed by atoms with van der Waals surface area (Å²) in [5, 5.41) is 12.7. The quantitative estimate of drug-likeness (QED) is 0.663. The second-order valence-corrected chi connectivity index (χ2v) is 6.21. The van der Waals surface area contributed by atoms with Gasteiger partial charge in [-0.2, -0.15) is 11.3 Å². The van der Waals surface area contributed by atoms with Gasteiger partial charge in [0.15, 0.2) is 0 Å². The van der Waals surface area contributed by atoms with E-state index in [1.165, 1.54) is 5.56 Å². The SMILES string of the molecule is COc1cc(N(Cc2ccsc2)Cc2nnc(C)o2)ccc1Cl. The molecule has 0 aliphatic heterocycles. The molecule has 0 unspecified atom stereocenters. The van der Waals surface area contributed by atoms with Gasteiger partial charge < -0.3 is 14.1 Å². The number of rotatable bonds is 6. The Kier molecular flexibility index (Phi) is 4.83. The number of aromatic nitrogens is 2. The smallest absolute Gasteiger partial charge is 0.235 e. The van der Waals surface area contributed by atoms with Crippen molar-refractivity contribution in [2.45, 2.75) is 20.0 Å². The Morgan fingerprint density at radius 3 is 2.78 bits per heavy atom. The Balaban J connectivity index is 1.90. The molecule has 0 saturated carbocycles. The molecule has 2 aromatic heterocycles. The summed E-state index contributed by atoms with van der Waals surface area (Å²) in [6.45, 7) is 3.03. The lowest BCUT2D eigenvalue weighted by Crippen LogP contribution is -2.22. The lowest BCUT2D eigenvalue weighted by Gasteiger charge is -2.23. The van der Waals surface area contributed by atoms with Gasteiger partial charge in [-0.15, -0.1) is 10.2 Å². The van der Waals surface area contributed by atoms with E-state index in [0.717, 1.165) is 12.2 Å². The van der Waals surface area contributed by atoms with Crippen LogP contribution < -0.4 is 9.64 Å². The van der Waals surface area contributed by atoms with Crippen LogP contribution in [0.4, 0.5) is 5.69 Å². The van der Waals surface area contributed by atoms with Gasteiger partial charge in [0.1, 0.15) is 5.75 Å². The number of aryl methyl sites for hydroxylation is 1. The van der Waals surface area contributed by atoms with Crippen molar-refractivity contribution in [3.63, 3.8) is 0 Å². The Morgan fingerprint density at radius 1 is 1.26 bits per heavy atom. The maximum Gasteiger partial charge on any atom is 0.235 e. The number of nitrogens with zero attached hydrogens (tertiary/aromatic N) is 3. The fourth-order valence-corrected chi connectivity index (χ4v) is 3.11. The van der Waals surface area contributed by atoms with E-state index in [1.807, 2.05) is 18.2 Å². The summed E-state index contributed by atoms with van der Waals surface area (Å²) in [4.78, 5) is 2.15. The first-order chi connectivity index (χ1) is 11.2. The predicted octanol–water partition coefficient (Wildman–Crippen LogP) is 4.31. The average Bonchev–Trinajstić information content (AvgIpc) is 3.19. The minimum Gasteiger partial charge on any atom is -0.495 e. The summed E-state index contributed by atoms with van der Waals surface area (Å²) in [5.41, 5.74) is 2.20. The van der Waals surface area contributed by atoms with Crippen LogP contribution in [-0.2, 0) is 13.1 Å². The third-order valence-corrected chi connectivity index (χ3v) is 4.39. The van der Waals surface area contributed by atoms with Gasteiger partial charge in [-0.3, -0.25) is 0 Å². The molecule has 3 aromatic rings. The van der Waals surface area contributed by atoms with E-state index >= 15 is 0 Å². The first-order valence-corrected chi connectivity index (χ1v) is 8.36. The van der Waals surface area contributed by atoms with E-state index in [-0.39, 0.29) is 0 Å². The standard InChI is InChI=1S/C16H16ClN3O2S/c1-11-18-19-16(22-11)9-20(8-12-5-6-23-10-12)13-3-4-14(17)15(7-13)21-2/h3-7,10H,8-9H2,1-2H3. The van der Waals surface area contributed by atoms with Crippen LogP contribution >= 0.6 is 22.9 Å². The molecule has 0 fully saturated rings. The van der Waals surface area contributed by atoms with E-state index < -0.39 is 0 Å². The number of anilines is 1. The van der Waals surface area contributed by atoms with Crippen LogP contribution in [0.3, 0.4) is 0 Å².